The summed E-state index contributed by atoms with van der Waals surface area (Å²) in [4.78, 5) is 9.08. The first-order chi connectivity index (χ1) is 10.2. The lowest BCUT2D eigenvalue weighted by atomic mass is 9.97. The number of benzene rings is 1. The van der Waals surface area contributed by atoms with Gasteiger partial charge in [0.25, 0.3) is 0 Å². The number of hydrogen-bond donors (Lipinski definition) is 0. The number of aromatic nitrogens is 2. The van der Waals surface area contributed by atoms with E-state index < -0.39 is 0 Å². The lowest BCUT2D eigenvalue weighted by molar-refractivity contribution is 0.174. The van der Waals surface area contributed by atoms with Gasteiger partial charge in [0, 0.05) is 16.8 Å². The maximum absolute atomic E-state index is 6.31. The average molecular weight is 323 g/mol. The van der Waals surface area contributed by atoms with Crippen molar-refractivity contribution in [1.29, 1.82) is 0 Å². The van der Waals surface area contributed by atoms with Gasteiger partial charge in [0.15, 0.2) is 17.3 Å². The second-order valence-corrected chi connectivity index (χ2v) is 5.93. The van der Waals surface area contributed by atoms with Gasteiger partial charge in [0.05, 0.1) is 5.02 Å². The predicted molar refractivity (Wildman–Crippen MR) is 80.3 cm³/mol. The zero-order chi connectivity index (χ0) is 14.4. The largest absolute Gasteiger partial charge is 0.454 e. The van der Waals surface area contributed by atoms with Crippen molar-refractivity contribution in [1.82, 2.24) is 9.97 Å². The molecule has 0 spiro atoms. The van der Waals surface area contributed by atoms with Crippen LogP contribution in [0.1, 0.15) is 24.1 Å². The summed E-state index contributed by atoms with van der Waals surface area (Å²) in [6.45, 7) is 0.185. The summed E-state index contributed by atoms with van der Waals surface area (Å²) in [5.41, 5.74) is 2.92. The zero-order valence-corrected chi connectivity index (χ0v) is 12.7. The van der Waals surface area contributed by atoms with Gasteiger partial charge in [0.1, 0.15) is 5.15 Å². The van der Waals surface area contributed by atoms with E-state index in [4.69, 9.17) is 32.7 Å². The molecule has 4 rings (SSSR count). The molecule has 2 aliphatic rings. The van der Waals surface area contributed by atoms with E-state index in [1.165, 1.54) is 0 Å². The monoisotopic (exact) mass is 322 g/mol. The Morgan fingerprint density at radius 1 is 1.00 bits per heavy atom. The normalized spacial score (nSPS) is 15.9. The molecule has 0 radical (unpaired) electrons. The summed E-state index contributed by atoms with van der Waals surface area (Å²) in [5.74, 6) is 1.78. The topological polar surface area (TPSA) is 44.2 Å². The number of rotatable bonds is 1. The van der Waals surface area contributed by atoms with Crippen LogP contribution in [-0.2, 0) is 12.8 Å². The minimum absolute atomic E-state index is 0.185. The number of halogens is 2. The first-order valence-electron chi connectivity index (χ1n) is 6.87. The summed E-state index contributed by atoms with van der Waals surface area (Å²) in [7, 11) is 0. The molecule has 1 aliphatic carbocycles. The van der Waals surface area contributed by atoms with E-state index in [9.17, 15) is 0 Å². The minimum atomic E-state index is 0.185. The molecule has 0 atom stereocenters. The number of nitrogens with zero attached hydrogens (tertiary/aromatic N) is 2. The van der Waals surface area contributed by atoms with Crippen LogP contribution in [0.25, 0.3) is 11.4 Å². The molecule has 0 unspecified atom stereocenters. The lowest BCUT2D eigenvalue weighted by Crippen LogP contribution is -2.08. The van der Waals surface area contributed by atoms with E-state index in [0.717, 1.165) is 42.5 Å². The standard InChI is InChI=1S/C15H12Cl2N2O2/c16-10-5-8(6-12-13(10)21-7-20-12)15-18-11-4-2-1-3-9(11)14(17)19-15/h5-6H,1-4,7H2. The molecule has 0 saturated carbocycles. The molecule has 2 aromatic rings. The SMILES string of the molecule is Clc1cc(-c2nc(Cl)c3c(n2)CCCC3)cc2c1OCO2. The van der Waals surface area contributed by atoms with Gasteiger partial charge in [-0.2, -0.15) is 0 Å². The van der Waals surface area contributed by atoms with E-state index in [1.54, 1.807) is 6.07 Å². The van der Waals surface area contributed by atoms with Crippen LogP contribution in [0.4, 0.5) is 0 Å². The quantitative estimate of drug-likeness (QED) is 0.743. The van der Waals surface area contributed by atoms with Crippen molar-refractivity contribution in [2.75, 3.05) is 6.79 Å². The van der Waals surface area contributed by atoms with Gasteiger partial charge in [-0.1, -0.05) is 23.2 Å². The summed E-state index contributed by atoms with van der Waals surface area (Å²) in [6, 6.07) is 3.63. The highest BCUT2D eigenvalue weighted by molar-refractivity contribution is 6.32. The maximum atomic E-state index is 6.31. The number of aryl methyl sites for hydroxylation is 1. The van der Waals surface area contributed by atoms with Crippen molar-refractivity contribution in [3.8, 4) is 22.9 Å². The molecular formula is C15H12Cl2N2O2. The van der Waals surface area contributed by atoms with Gasteiger partial charge in [-0.15, -0.1) is 0 Å². The molecule has 0 bridgehead atoms. The Balaban J connectivity index is 1.84. The van der Waals surface area contributed by atoms with Crippen molar-refractivity contribution in [2.24, 2.45) is 0 Å². The number of ether oxygens (including phenoxy) is 2. The molecule has 4 nitrogen and oxygen atoms in total. The van der Waals surface area contributed by atoms with Crippen LogP contribution in [0.5, 0.6) is 11.5 Å². The van der Waals surface area contributed by atoms with Crippen molar-refractivity contribution in [2.45, 2.75) is 25.7 Å². The predicted octanol–water partition coefficient (Wildman–Crippen LogP) is 4.06. The molecule has 1 aromatic heterocycles. The molecule has 0 saturated heterocycles. The molecule has 6 heteroatoms. The van der Waals surface area contributed by atoms with E-state index >= 15 is 0 Å². The highest BCUT2D eigenvalue weighted by atomic mass is 35.5. The third kappa shape index (κ3) is 2.23. The van der Waals surface area contributed by atoms with Crippen molar-refractivity contribution < 1.29 is 9.47 Å². The van der Waals surface area contributed by atoms with Crippen LogP contribution in [-0.4, -0.2) is 16.8 Å². The fraction of sp³-hybridized carbons (Fsp3) is 0.333. The van der Waals surface area contributed by atoms with Gasteiger partial charge in [-0.25, -0.2) is 9.97 Å². The van der Waals surface area contributed by atoms with Crippen LogP contribution in [0.2, 0.25) is 10.2 Å². The third-order valence-electron chi connectivity index (χ3n) is 3.82. The lowest BCUT2D eigenvalue weighted by Gasteiger charge is -2.16. The number of fused-ring (bicyclic) bond motifs is 2. The van der Waals surface area contributed by atoms with Crippen LogP contribution < -0.4 is 9.47 Å². The smallest absolute Gasteiger partial charge is 0.231 e. The highest BCUT2D eigenvalue weighted by Gasteiger charge is 2.22. The fourth-order valence-electron chi connectivity index (χ4n) is 2.77. The Labute approximate surface area is 132 Å². The molecule has 0 amide bonds. The van der Waals surface area contributed by atoms with Crippen LogP contribution >= 0.6 is 23.2 Å². The highest BCUT2D eigenvalue weighted by Crippen LogP contribution is 2.42. The Morgan fingerprint density at radius 3 is 2.76 bits per heavy atom. The summed E-state index contributed by atoms with van der Waals surface area (Å²) in [6.07, 6.45) is 4.19. The first-order valence-corrected chi connectivity index (χ1v) is 7.63. The summed E-state index contributed by atoms with van der Waals surface area (Å²) >= 11 is 12.5. The molecule has 21 heavy (non-hydrogen) atoms. The molecule has 0 fully saturated rings. The van der Waals surface area contributed by atoms with Gasteiger partial charge >= 0.3 is 0 Å². The van der Waals surface area contributed by atoms with E-state index in [0.29, 0.717) is 27.5 Å². The third-order valence-corrected chi connectivity index (χ3v) is 4.41. The molecule has 2 heterocycles. The number of hydrogen-bond acceptors (Lipinski definition) is 4. The van der Waals surface area contributed by atoms with Gasteiger partial charge < -0.3 is 9.47 Å². The van der Waals surface area contributed by atoms with Gasteiger partial charge in [0.2, 0.25) is 6.79 Å². The average Bonchev–Trinajstić information content (AvgIpc) is 2.96. The summed E-state index contributed by atoms with van der Waals surface area (Å²) in [5, 5.41) is 1.04. The van der Waals surface area contributed by atoms with E-state index in [2.05, 4.69) is 9.97 Å². The van der Waals surface area contributed by atoms with E-state index in [-0.39, 0.29) is 6.79 Å². The van der Waals surface area contributed by atoms with Gasteiger partial charge in [-0.05, 0) is 37.8 Å². The van der Waals surface area contributed by atoms with Crippen LogP contribution in [0, 0.1) is 0 Å². The Kier molecular flexibility index (Phi) is 3.16. The second-order valence-electron chi connectivity index (χ2n) is 5.16. The van der Waals surface area contributed by atoms with Gasteiger partial charge in [-0.3, -0.25) is 0 Å². The molecule has 1 aromatic carbocycles. The Hall–Kier alpha value is -1.52. The maximum Gasteiger partial charge on any atom is 0.231 e. The zero-order valence-electron chi connectivity index (χ0n) is 11.2. The van der Waals surface area contributed by atoms with Crippen molar-refractivity contribution in [3.05, 3.63) is 33.6 Å². The van der Waals surface area contributed by atoms with Crippen LogP contribution in [0.3, 0.4) is 0 Å². The minimum Gasteiger partial charge on any atom is -0.454 e. The Bertz CT molecular complexity index is 734. The Morgan fingerprint density at radius 2 is 1.86 bits per heavy atom. The molecule has 0 N–H and O–H groups in total. The first kappa shape index (κ1) is 13.2. The molecular weight excluding hydrogens is 311 g/mol. The van der Waals surface area contributed by atoms with Crippen LogP contribution in [0.15, 0.2) is 12.1 Å². The van der Waals surface area contributed by atoms with Crippen molar-refractivity contribution in [3.63, 3.8) is 0 Å². The van der Waals surface area contributed by atoms with Crippen molar-refractivity contribution >= 4 is 23.2 Å². The fourth-order valence-corrected chi connectivity index (χ4v) is 3.32. The molecule has 1 aliphatic heterocycles. The van der Waals surface area contributed by atoms with E-state index in [1.807, 2.05) is 6.07 Å². The molecule has 108 valence electrons. The second kappa shape index (κ2) is 5.04. The summed E-state index contributed by atoms with van der Waals surface area (Å²) < 4.78 is 10.7.